The van der Waals surface area contributed by atoms with Crippen LogP contribution in [0, 0.1) is 0 Å². The molecule has 0 saturated heterocycles. The molecular weight excluding hydrogens is 544 g/mol. The van der Waals surface area contributed by atoms with Crippen molar-refractivity contribution < 1.29 is 4.42 Å². The zero-order valence-corrected chi connectivity index (χ0v) is 24.6. The topological polar surface area (TPSA) is 13.1 Å². The first-order valence-corrected chi connectivity index (χ1v) is 15.4. The van der Waals surface area contributed by atoms with Crippen molar-refractivity contribution in [3.63, 3.8) is 0 Å². The number of rotatable bonds is 4. The fourth-order valence-corrected chi connectivity index (χ4v) is 7.11. The number of benzene rings is 8. The van der Waals surface area contributed by atoms with Crippen molar-refractivity contribution in [2.24, 2.45) is 0 Å². The lowest BCUT2D eigenvalue weighted by Gasteiger charge is -2.18. The molecule has 0 saturated carbocycles. The molecule has 0 N–H and O–H groups in total. The Morgan fingerprint density at radius 2 is 0.800 bits per heavy atom. The summed E-state index contributed by atoms with van der Waals surface area (Å²) in [5, 5.41) is 7.26. The van der Waals surface area contributed by atoms with Crippen molar-refractivity contribution in [2.75, 3.05) is 0 Å². The highest BCUT2D eigenvalue weighted by atomic mass is 16.3. The highest BCUT2D eigenvalue weighted by molar-refractivity contribution is 6.26. The lowest BCUT2D eigenvalue weighted by atomic mass is 9.85. The number of furan rings is 1. The van der Waals surface area contributed by atoms with Crippen molar-refractivity contribution in [1.29, 1.82) is 0 Å². The molecule has 0 aliphatic heterocycles. The molecule has 9 rings (SSSR count). The van der Waals surface area contributed by atoms with E-state index in [0.717, 1.165) is 33.1 Å². The summed E-state index contributed by atoms with van der Waals surface area (Å²) in [6, 6.07) is 60.8. The van der Waals surface area contributed by atoms with Gasteiger partial charge in [-0.1, -0.05) is 158 Å². The van der Waals surface area contributed by atoms with Crippen LogP contribution < -0.4 is 0 Å². The van der Waals surface area contributed by atoms with Crippen LogP contribution in [0.1, 0.15) is 0 Å². The molecule has 1 heteroatoms. The molecule has 0 amide bonds. The zero-order valence-electron chi connectivity index (χ0n) is 24.6. The van der Waals surface area contributed by atoms with E-state index in [-0.39, 0.29) is 0 Å². The van der Waals surface area contributed by atoms with Gasteiger partial charge in [0.05, 0.1) is 0 Å². The van der Waals surface area contributed by atoms with Gasteiger partial charge in [0, 0.05) is 16.3 Å². The van der Waals surface area contributed by atoms with Crippen LogP contribution in [0.15, 0.2) is 174 Å². The maximum absolute atomic E-state index is 6.76. The first kappa shape index (κ1) is 25.6. The Bertz CT molecular complexity index is 2460. The smallest absolute Gasteiger partial charge is 0.143 e. The minimum atomic E-state index is 0.898. The molecule has 0 aliphatic rings. The van der Waals surface area contributed by atoms with E-state index >= 15 is 0 Å². The second kappa shape index (κ2) is 10.4. The van der Waals surface area contributed by atoms with Crippen LogP contribution in [-0.4, -0.2) is 0 Å². The van der Waals surface area contributed by atoms with Gasteiger partial charge >= 0.3 is 0 Å². The molecule has 0 spiro atoms. The molecule has 210 valence electrons. The van der Waals surface area contributed by atoms with E-state index in [4.69, 9.17) is 4.42 Å². The Morgan fingerprint density at radius 3 is 1.49 bits per heavy atom. The number of hydrogen-bond acceptors (Lipinski definition) is 1. The Labute approximate surface area is 261 Å². The molecule has 0 fully saturated rings. The fraction of sp³-hybridized carbons (Fsp3) is 0. The van der Waals surface area contributed by atoms with Crippen LogP contribution >= 0.6 is 0 Å². The summed E-state index contributed by atoms with van der Waals surface area (Å²) >= 11 is 0. The predicted molar refractivity (Wildman–Crippen MR) is 190 cm³/mol. The minimum Gasteiger partial charge on any atom is -0.455 e. The second-order valence-corrected chi connectivity index (χ2v) is 11.6. The highest BCUT2D eigenvalue weighted by Crippen LogP contribution is 2.47. The third kappa shape index (κ3) is 4.09. The maximum atomic E-state index is 6.76. The van der Waals surface area contributed by atoms with Crippen molar-refractivity contribution in [3.05, 3.63) is 170 Å². The number of hydrogen-bond donors (Lipinski definition) is 0. The van der Waals surface area contributed by atoms with Crippen LogP contribution in [0.4, 0.5) is 0 Å². The van der Waals surface area contributed by atoms with E-state index in [1.54, 1.807) is 0 Å². The lowest BCUT2D eigenvalue weighted by molar-refractivity contribution is 0.670. The van der Waals surface area contributed by atoms with Gasteiger partial charge in [0.2, 0.25) is 0 Å². The van der Waals surface area contributed by atoms with Crippen LogP contribution in [0.25, 0.3) is 88.0 Å². The molecule has 8 aromatic carbocycles. The second-order valence-electron chi connectivity index (χ2n) is 11.6. The van der Waals surface area contributed by atoms with Gasteiger partial charge in [-0.25, -0.2) is 0 Å². The summed E-state index contributed by atoms with van der Waals surface area (Å²) < 4.78 is 6.76. The summed E-state index contributed by atoms with van der Waals surface area (Å²) in [7, 11) is 0. The molecule has 1 nitrogen and oxygen atoms in total. The third-order valence-electron chi connectivity index (χ3n) is 9.07. The quantitative estimate of drug-likeness (QED) is 0.191. The monoisotopic (exact) mass is 572 g/mol. The van der Waals surface area contributed by atoms with Crippen LogP contribution in [-0.2, 0) is 0 Å². The van der Waals surface area contributed by atoms with Crippen molar-refractivity contribution >= 4 is 43.5 Å². The lowest BCUT2D eigenvalue weighted by Crippen LogP contribution is -1.91. The van der Waals surface area contributed by atoms with E-state index in [9.17, 15) is 0 Å². The van der Waals surface area contributed by atoms with E-state index in [2.05, 4.69) is 170 Å². The van der Waals surface area contributed by atoms with Crippen LogP contribution in [0.3, 0.4) is 0 Å². The first-order valence-electron chi connectivity index (χ1n) is 15.4. The molecule has 1 aromatic heterocycles. The first-order chi connectivity index (χ1) is 22.3. The summed E-state index contributed by atoms with van der Waals surface area (Å²) in [6.07, 6.45) is 0. The average molecular weight is 573 g/mol. The van der Waals surface area contributed by atoms with E-state index in [1.807, 2.05) is 0 Å². The van der Waals surface area contributed by atoms with Gasteiger partial charge in [-0.2, -0.15) is 0 Å². The Hall–Kier alpha value is -5.92. The summed E-state index contributed by atoms with van der Waals surface area (Å²) in [5.74, 6) is 0. The fourth-order valence-electron chi connectivity index (χ4n) is 7.11. The van der Waals surface area contributed by atoms with E-state index in [1.165, 1.54) is 54.9 Å². The third-order valence-corrected chi connectivity index (χ3v) is 9.07. The van der Waals surface area contributed by atoms with E-state index in [0.29, 0.717) is 0 Å². The Morgan fingerprint density at radius 1 is 0.311 bits per heavy atom. The van der Waals surface area contributed by atoms with Gasteiger partial charge in [-0.05, 0) is 72.6 Å². The molecule has 9 aromatic rings. The molecule has 45 heavy (non-hydrogen) atoms. The standard InChI is InChI=1S/C44H28O/c1-3-14-29(15-4-1)31-18-11-19-32(28-31)33-24-12-26-39-43-38(25-13-27-40(43)45-44(33)39)42-36-22-9-7-20-34(36)41(30-16-5-2-6-17-30)35-21-8-10-23-37(35)42/h1-28H. The van der Waals surface area contributed by atoms with Gasteiger partial charge in [-0.15, -0.1) is 0 Å². The van der Waals surface area contributed by atoms with Gasteiger partial charge in [-0.3, -0.25) is 0 Å². The SMILES string of the molecule is c1ccc(-c2cccc(-c3cccc4c3oc3cccc(-c5c6ccccc6c(-c6ccccc6)c6ccccc56)c34)c2)cc1. The van der Waals surface area contributed by atoms with Gasteiger partial charge in [0.1, 0.15) is 11.2 Å². The summed E-state index contributed by atoms with van der Waals surface area (Å²) in [6.45, 7) is 0. The average Bonchev–Trinajstić information content (AvgIpc) is 3.51. The predicted octanol–water partition coefficient (Wildman–Crippen LogP) is 12.6. The summed E-state index contributed by atoms with van der Waals surface area (Å²) in [4.78, 5) is 0. The largest absolute Gasteiger partial charge is 0.455 e. The Kier molecular flexibility index (Phi) is 5.89. The Balaban J connectivity index is 1.34. The maximum Gasteiger partial charge on any atom is 0.143 e. The van der Waals surface area contributed by atoms with Gasteiger partial charge < -0.3 is 4.42 Å². The molecular formula is C44H28O. The van der Waals surface area contributed by atoms with E-state index < -0.39 is 0 Å². The zero-order chi connectivity index (χ0) is 29.7. The summed E-state index contributed by atoms with van der Waals surface area (Å²) in [5.41, 5.74) is 11.4. The van der Waals surface area contributed by atoms with Crippen molar-refractivity contribution in [2.45, 2.75) is 0 Å². The minimum absolute atomic E-state index is 0.898. The van der Waals surface area contributed by atoms with Gasteiger partial charge in [0.15, 0.2) is 0 Å². The van der Waals surface area contributed by atoms with Crippen LogP contribution in [0.2, 0.25) is 0 Å². The molecule has 0 unspecified atom stereocenters. The molecule has 0 bridgehead atoms. The highest BCUT2D eigenvalue weighted by Gasteiger charge is 2.21. The van der Waals surface area contributed by atoms with Crippen LogP contribution in [0.5, 0.6) is 0 Å². The van der Waals surface area contributed by atoms with Crippen molar-refractivity contribution in [1.82, 2.24) is 0 Å². The molecule has 0 aliphatic carbocycles. The molecule has 0 radical (unpaired) electrons. The van der Waals surface area contributed by atoms with Crippen molar-refractivity contribution in [3.8, 4) is 44.5 Å². The normalized spacial score (nSPS) is 11.6. The number of fused-ring (bicyclic) bond motifs is 5. The molecule has 1 heterocycles. The molecule has 0 atom stereocenters. The van der Waals surface area contributed by atoms with Gasteiger partial charge in [0.25, 0.3) is 0 Å². The number of para-hydroxylation sites is 1.